The lowest BCUT2D eigenvalue weighted by atomic mass is 10.1. The minimum atomic E-state index is -0.163. The SMILES string of the molecule is CCCCCCCC[C@H](C)OC(C)=O. The van der Waals surface area contributed by atoms with Gasteiger partial charge in [0.2, 0.25) is 0 Å². The molecule has 0 fully saturated rings. The van der Waals surface area contributed by atoms with E-state index >= 15 is 0 Å². The maximum Gasteiger partial charge on any atom is 0.302 e. The van der Waals surface area contributed by atoms with Crippen molar-refractivity contribution in [2.24, 2.45) is 0 Å². The molecule has 0 aromatic heterocycles. The number of ether oxygens (including phenoxy) is 1. The zero-order valence-electron chi connectivity index (χ0n) is 9.84. The van der Waals surface area contributed by atoms with E-state index in [4.69, 9.17) is 4.74 Å². The molecule has 0 aliphatic heterocycles. The van der Waals surface area contributed by atoms with Gasteiger partial charge in [0.15, 0.2) is 0 Å². The van der Waals surface area contributed by atoms with Crippen molar-refractivity contribution < 1.29 is 9.53 Å². The molecule has 2 nitrogen and oxygen atoms in total. The molecule has 0 radical (unpaired) electrons. The fourth-order valence-electron chi connectivity index (χ4n) is 1.55. The topological polar surface area (TPSA) is 26.3 Å². The van der Waals surface area contributed by atoms with Crippen LogP contribution in [0.4, 0.5) is 0 Å². The van der Waals surface area contributed by atoms with Gasteiger partial charge in [0, 0.05) is 6.92 Å². The Hall–Kier alpha value is -0.530. The minimum Gasteiger partial charge on any atom is -0.463 e. The van der Waals surface area contributed by atoms with E-state index in [9.17, 15) is 4.79 Å². The summed E-state index contributed by atoms with van der Waals surface area (Å²) in [6.45, 7) is 5.66. The molecule has 0 rings (SSSR count). The maximum absolute atomic E-state index is 10.6. The van der Waals surface area contributed by atoms with E-state index in [-0.39, 0.29) is 12.1 Å². The van der Waals surface area contributed by atoms with Crippen molar-refractivity contribution in [3.8, 4) is 0 Å². The standard InChI is InChI=1S/C12H24O2/c1-4-5-6-7-8-9-10-11(2)14-12(3)13/h11H,4-10H2,1-3H3/t11-/m0/s1. The Morgan fingerprint density at radius 2 is 1.71 bits per heavy atom. The van der Waals surface area contributed by atoms with Crippen molar-refractivity contribution in [2.75, 3.05) is 0 Å². The van der Waals surface area contributed by atoms with E-state index in [1.165, 1.54) is 45.4 Å². The molecule has 1 atom stereocenters. The van der Waals surface area contributed by atoms with Crippen LogP contribution in [-0.2, 0) is 9.53 Å². The number of carbonyl (C=O) groups is 1. The second-order valence-electron chi connectivity index (χ2n) is 3.98. The van der Waals surface area contributed by atoms with Crippen LogP contribution < -0.4 is 0 Å². The van der Waals surface area contributed by atoms with E-state index in [1.54, 1.807) is 0 Å². The van der Waals surface area contributed by atoms with Gasteiger partial charge in [0.05, 0.1) is 6.10 Å². The van der Waals surface area contributed by atoms with Crippen LogP contribution in [0.25, 0.3) is 0 Å². The first-order valence-electron chi connectivity index (χ1n) is 5.84. The number of esters is 1. The molecular formula is C12H24O2. The maximum atomic E-state index is 10.6. The average molecular weight is 200 g/mol. The van der Waals surface area contributed by atoms with Gasteiger partial charge in [-0.25, -0.2) is 0 Å². The molecule has 84 valence electrons. The molecule has 2 heteroatoms. The normalized spacial score (nSPS) is 12.5. The molecule has 0 heterocycles. The van der Waals surface area contributed by atoms with Crippen LogP contribution in [-0.4, -0.2) is 12.1 Å². The van der Waals surface area contributed by atoms with Crippen LogP contribution in [0.3, 0.4) is 0 Å². The molecule has 0 aromatic carbocycles. The van der Waals surface area contributed by atoms with Gasteiger partial charge in [-0.05, 0) is 19.8 Å². The summed E-state index contributed by atoms with van der Waals surface area (Å²) in [7, 11) is 0. The summed E-state index contributed by atoms with van der Waals surface area (Å²) < 4.78 is 5.04. The van der Waals surface area contributed by atoms with E-state index in [1.807, 2.05) is 6.92 Å². The van der Waals surface area contributed by atoms with Gasteiger partial charge in [-0.15, -0.1) is 0 Å². The van der Waals surface area contributed by atoms with Crippen LogP contribution in [0, 0.1) is 0 Å². The van der Waals surface area contributed by atoms with Crippen molar-refractivity contribution in [2.45, 2.75) is 71.8 Å². The zero-order chi connectivity index (χ0) is 10.8. The van der Waals surface area contributed by atoms with Gasteiger partial charge < -0.3 is 4.74 Å². The third-order valence-electron chi connectivity index (χ3n) is 2.33. The van der Waals surface area contributed by atoms with Crippen LogP contribution in [0.5, 0.6) is 0 Å². The van der Waals surface area contributed by atoms with Crippen molar-refractivity contribution >= 4 is 5.97 Å². The number of hydrogen-bond acceptors (Lipinski definition) is 2. The quantitative estimate of drug-likeness (QED) is 0.441. The van der Waals surface area contributed by atoms with Gasteiger partial charge in [-0.1, -0.05) is 39.0 Å². The Morgan fingerprint density at radius 1 is 1.14 bits per heavy atom. The van der Waals surface area contributed by atoms with Gasteiger partial charge in [0.1, 0.15) is 0 Å². The first kappa shape index (κ1) is 13.5. The second kappa shape index (κ2) is 9.04. The molecule has 0 bridgehead atoms. The monoisotopic (exact) mass is 200 g/mol. The molecule has 0 amide bonds. The summed E-state index contributed by atoms with van der Waals surface area (Å²) in [4.78, 5) is 10.6. The number of rotatable bonds is 8. The third-order valence-corrected chi connectivity index (χ3v) is 2.33. The Labute approximate surface area is 88.0 Å². The Morgan fingerprint density at radius 3 is 2.29 bits per heavy atom. The fourth-order valence-corrected chi connectivity index (χ4v) is 1.55. The molecule has 0 saturated heterocycles. The van der Waals surface area contributed by atoms with Gasteiger partial charge in [-0.3, -0.25) is 4.79 Å². The highest BCUT2D eigenvalue weighted by Crippen LogP contribution is 2.10. The van der Waals surface area contributed by atoms with Crippen LogP contribution in [0.1, 0.15) is 65.7 Å². The Bertz CT molecular complexity index is 143. The minimum absolute atomic E-state index is 0.0960. The number of hydrogen-bond donors (Lipinski definition) is 0. The smallest absolute Gasteiger partial charge is 0.302 e. The predicted molar refractivity (Wildman–Crippen MR) is 59.2 cm³/mol. The Kier molecular flexibility index (Phi) is 8.70. The van der Waals surface area contributed by atoms with E-state index < -0.39 is 0 Å². The molecular weight excluding hydrogens is 176 g/mol. The van der Waals surface area contributed by atoms with E-state index in [0.717, 1.165) is 6.42 Å². The van der Waals surface area contributed by atoms with Gasteiger partial charge >= 0.3 is 5.97 Å². The van der Waals surface area contributed by atoms with Crippen LogP contribution in [0.15, 0.2) is 0 Å². The summed E-state index contributed by atoms with van der Waals surface area (Å²) in [5.41, 5.74) is 0. The largest absolute Gasteiger partial charge is 0.463 e. The summed E-state index contributed by atoms with van der Waals surface area (Å²) in [6.07, 6.45) is 8.86. The molecule has 0 aliphatic carbocycles. The fraction of sp³-hybridized carbons (Fsp3) is 0.917. The predicted octanol–water partition coefficient (Wildman–Crippen LogP) is 3.69. The molecule has 0 aromatic rings. The molecule has 0 unspecified atom stereocenters. The third kappa shape index (κ3) is 9.56. The first-order chi connectivity index (χ1) is 6.66. The summed E-state index contributed by atoms with van der Waals surface area (Å²) >= 11 is 0. The molecule has 0 saturated carbocycles. The van der Waals surface area contributed by atoms with Crippen molar-refractivity contribution in [3.63, 3.8) is 0 Å². The zero-order valence-corrected chi connectivity index (χ0v) is 9.84. The lowest BCUT2D eigenvalue weighted by Gasteiger charge is -2.10. The highest BCUT2D eigenvalue weighted by molar-refractivity contribution is 5.66. The lowest BCUT2D eigenvalue weighted by molar-refractivity contribution is -0.145. The van der Waals surface area contributed by atoms with Crippen molar-refractivity contribution in [3.05, 3.63) is 0 Å². The molecule has 0 aliphatic rings. The van der Waals surface area contributed by atoms with Crippen molar-refractivity contribution in [1.82, 2.24) is 0 Å². The van der Waals surface area contributed by atoms with Gasteiger partial charge in [-0.2, -0.15) is 0 Å². The van der Waals surface area contributed by atoms with Crippen LogP contribution >= 0.6 is 0 Å². The van der Waals surface area contributed by atoms with Crippen LogP contribution in [0.2, 0.25) is 0 Å². The molecule has 0 spiro atoms. The first-order valence-corrected chi connectivity index (χ1v) is 5.84. The van der Waals surface area contributed by atoms with E-state index in [0.29, 0.717) is 0 Å². The lowest BCUT2D eigenvalue weighted by Crippen LogP contribution is -2.11. The van der Waals surface area contributed by atoms with Gasteiger partial charge in [0.25, 0.3) is 0 Å². The second-order valence-corrected chi connectivity index (χ2v) is 3.98. The molecule has 0 N–H and O–H groups in total. The van der Waals surface area contributed by atoms with E-state index in [2.05, 4.69) is 6.92 Å². The highest BCUT2D eigenvalue weighted by atomic mass is 16.5. The average Bonchev–Trinajstić information content (AvgIpc) is 2.10. The summed E-state index contributed by atoms with van der Waals surface area (Å²) in [5, 5.41) is 0. The highest BCUT2D eigenvalue weighted by Gasteiger charge is 2.03. The number of carbonyl (C=O) groups excluding carboxylic acids is 1. The van der Waals surface area contributed by atoms with Crippen molar-refractivity contribution in [1.29, 1.82) is 0 Å². The summed E-state index contributed by atoms with van der Waals surface area (Å²) in [6, 6.07) is 0. The Balaban J connectivity index is 3.14. The summed E-state index contributed by atoms with van der Waals surface area (Å²) in [5.74, 6) is -0.163. The molecule has 14 heavy (non-hydrogen) atoms. The number of unbranched alkanes of at least 4 members (excludes halogenated alkanes) is 5.